The van der Waals surface area contributed by atoms with E-state index in [1.54, 1.807) is 24.3 Å². The molecule has 8 heteroatoms. The predicted molar refractivity (Wildman–Crippen MR) is 55.9 cm³/mol. The Labute approximate surface area is 91.6 Å². The summed E-state index contributed by atoms with van der Waals surface area (Å²) < 4.78 is 23.5. The smallest absolute Gasteiger partial charge is 0.288 e. The first kappa shape index (κ1) is 10.6. The third-order valence-corrected chi connectivity index (χ3v) is 3.38. The molecule has 1 aromatic heterocycles. The zero-order valence-electron chi connectivity index (χ0n) is 8.16. The molecule has 7 nitrogen and oxygen atoms in total. The molecule has 0 radical (unpaired) electrons. The van der Waals surface area contributed by atoms with Crippen LogP contribution in [0, 0.1) is 0 Å². The Bertz CT molecular complexity index is 561. The number of nitrogens with two attached hydrogens (primary N) is 1. The first-order chi connectivity index (χ1) is 7.58. The van der Waals surface area contributed by atoms with Crippen LogP contribution in [-0.4, -0.2) is 29.0 Å². The molecule has 0 fully saturated rings. The molecular weight excluding hydrogens is 230 g/mol. The fraction of sp³-hybridized carbons (Fsp3) is 0.125. The molecule has 0 aliphatic heterocycles. The molecule has 1 heterocycles. The zero-order valence-corrected chi connectivity index (χ0v) is 8.98. The van der Waals surface area contributed by atoms with Crippen LogP contribution in [0.2, 0.25) is 0 Å². The van der Waals surface area contributed by atoms with Gasteiger partial charge in [0.15, 0.2) is 0 Å². The Hall–Kier alpha value is -1.96. The number of H-pyrrole nitrogens is 1. The molecule has 2 rings (SSSR count). The van der Waals surface area contributed by atoms with Gasteiger partial charge in [-0.3, -0.25) is 0 Å². The highest BCUT2D eigenvalue weighted by molar-refractivity contribution is 7.90. The minimum absolute atomic E-state index is 0.174. The first-order valence-corrected chi connectivity index (χ1v) is 6.04. The number of sulfone groups is 1. The van der Waals surface area contributed by atoms with Gasteiger partial charge in [-0.2, -0.15) is 5.21 Å². The van der Waals surface area contributed by atoms with E-state index in [0.29, 0.717) is 11.3 Å². The molecule has 3 N–H and O–H groups in total. The number of hydrogen-bond acceptors (Lipinski definition) is 6. The van der Waals surface area contributed by atoms with Crippen LogP contribution in [0.4, 0.5) is 5.69 Å². The van der Waals surface area contributed by atoms with E-state index in [1.165, 1.54) is 0 Å². The van der Waals surface area contributed by atoms with Gasteiger partial charge in [0.05, 0.1) is 5.75 Å². The minimum atomic E-state index is -3.54. The maximum absolute atomic E-state index is 11.7. The molecular formula is C8H9N5O2S. The zero-order chi connectivity index (χ0) is 11.6. The Morgan fingerprint density at radius 2 is 1.94 bits per heavy atom. The molecule has 0 unspecified atom stereocenters. The maximum Gasteiger partial charge on any atom is 0.288 e. The Morgan fingerprint density at radius 1 is 1.25 bits per heavy atom. The number of anilines is 1. The van der Waals surface area contributed by atoms with Gasteiger partial charge in [-0.25, -0.2) is 8.42 Å². The van der Waals surface area contributed by atoms with Gasteiger partial charge in [-0.1, -0.05) is 17.2 Å². The molecule has 0 spiro atoms. The van der Waals surface area contributed by atoms with Crippen molar-refractivity contribution in [2.24, 2.45) is 0 Å². The largest absolute Gasteiger partial charge is 0.399 e. The normalized spacial score (nSPS) is 11.5. The van der Waals surface area contributed by atoms with Crippen molar-refractivity contribution in [3.63, 3.8) is 0 Å². The fourth-order valence-electron chi connectivity index (χ4n) is 1.18. The second-order valence-electron chi connectivity index (χ2n) is 3.20. The average molecular weight is 239 g/mol. The molecule has 0 saturated heterocycles. The molecule has 2 aromatic rings. The van der Waals surface area contributed by atoms with Crippen molar-refractivity contribution in [1.82, 2.24) is 20.6 Å². The summed E-state index contributed by atoms with van der Waals surface area (Å²) >= 11 is 0. The van der Waals surface area contributed by atoms with Crippen molar-refractivity contribution < 1.29 is 8.42 Å². The lowest BCUT2D eigenvalue weighted by molar-refractivity contribution is 0.586. The van der Waals surface area contributed by atoms with Crippen LogP contribution < -0.4 is 5.73 Å². The molecule has 0 amide bonds. The minimum Gasteiger partial charge on any atom is -0.399 e. The van der Waals surface area contributed by atoms with Crippen molar-refractivity contribution in [3.8, 4) is 0 Å². The number of nitrogen functional groups attached to an aromatic ring is 1. The molecule has 0 atom stereocenters. The maximum atomic E-state index is 11.7. The average Bonchev–Trinajstić information content (AvgIpc) is 2.75. The lowest BCUT2D eigenvalue weighted by Gasteiger charge is -2.00. The van der Waals surface area contributed by atoms with Gasteiger partial charge in [-0.05, 0) is 22.9 Å². The monoisotopic (exact) mass is 239 g/mol. The quantitative estimate of drug-likeness (QED) is 0.714. The molecule has 0 saturated carbocycles. The summed E-state index contributed by atoms with van der Waals surface area (Å²) in [6.07, 6.45) is 0. The van der Waals surface area contributed by atoms with Crippen molar-refractivity contribution >= 4 is 15.5 Å². The van der Waals surface area contributed by atoms with Crippen LogP contribution in [0.3, 0.4) is 0 Å². The number of tetrazole rings is 1. The SMILES string of the molecule is Nc1ccc(CS(=O)(=O)c2nn[nH]n2)cc1. The second-order valence-corrected chi connectivity index (χ2v) is 5.08. The van der Waals surface area contributed by atoms with Crippen LogP contribution in [-0.2, 0) is 15.6 Å². The summed E-state index contributed by atoms with van der Waals surface area (Å²) in [6.45, 7) is 0. The van der Waals surface area contributed by atoms with Gasteiger partial charge in [0.2, 0.25) is 9.84 Å². The number of benzene rings is 1. The Morgan fingerprint density at radius 3 is 2.50 bits per heavy atom. The lowest BCUT2D eigenvalue weighted by Crippen LogP contribution is -2.07. The van der Waals surface area contributed by atoms with Gasteiger partial charge in [0.1, 0.15) is 0 Å². The number of nitrogens with one attached hydrogen (secondary N) is 1. The third kappa shape index (κ3) is 2.16. The number of aromatic amines is 1. The van der Waals surface area contributed by atoms with E-state index in [4.69, 9.17) is 5.73 Å². The summed E-state index contributed by atoms with van der Waals surface area (Å²) in [5, 5.41) is 11.9. The highest BCUT2D eigenvalue weighted by Crippen LogP contribution is 2.12. The van der Waals surface area contributed by atoms with Crippen LogP contribution in [0.25, 0.3) is 0 Å². The summed E-state index contributed by atoms with van der Waals surface area (Å²) in [5.74, 6) is -0.174. The number of hydrogen-bond donors (Lipinski definition) is 2. The van der Waals surface area contributed by atoms with E-state index in [1.807, 2.05) is 0 Å². The van der Waals surface area contributed by atoms with Gasteiger partial charge in [0.25, 0.3) is 5.16 Å². The van der Waals surface area contributed by atoms with Crippen LogP contribution in [0.1, 0.15) is 5.56 Å². The summed E-state index contributed by atoms with van der Waals surface area (Å²) in [4.78, 5) is 0. The Balaban J connectivity index is 2.25. The van der Waals surface area contributed by atoms with E-state index in [9.17, 15) is 8.42 Å². The van der Waals surface area contributed by atoms with Crippen LogP contribution >= 0.6 is 0 Å². The topological polar surface area (TPSA) is 115 Å². The summed E-state index contributed by atoms with van der Waals surface area (Å²) in [6, 6.07) is 6.57. The fourth-order valence-corrected chi connectivity index (χ4v) is 2.29. The van der Waals surface area contributed by atoms with Crippen molar-refractivity contribution in [2.45, 2.75) is 10.9 Å². The van der Waals surface area contributed by atoms with E-state index >= 15 is 0 Å². The molecule has 84 valence electrons. The second kappa shape index (κ2) is 3.89. The number of aromatic nitrogens is 4. The molecule has 0 aliphatic carbocycles. The lowest BCUT2D eigenvalue weighted by atomic mass is 10.2. The summed E-state index contributed by atoms with van der Waals surface area (Å²) in [5.41, 5.74) is 6.70. The molecule has 1 aromatic carbocycles. The highest BCUT2D eigenvalue weighted by atomic mass is 32.2. The van der Waals surface area contributed by atoms with Gasteiger partial charge in [0, 0.05) is 5.69 Å². The van der Waals surface area contributed by atoms with Crippen molar-refractivity contribution in [3.05, 3.63) is 29.8 Å². The first-order valence-electron chi connectivity index (χ1n) is 4.38. The molecule has 0 bridgehead atoms. The number of rotatable bonds is 3. The summed E-state index contributed by atoms with van der Waals surface area (Å²) in [7, 11) is -3.54. The van der Waals surface area contributed by atoms with Gasteiger partial charge >= 0.3 is 0 Å². The van der Waals surface area contributed by atoms with Crippen molar-refractivity contribution in [2.75, 3.05) is 5.73 Å². The van der Waals surface area contributed by atoms with E-state index in [-0.39, 0.29) is 10.9 Å². The highest BCUT2D eigenvalue weighted by Gasteiger charge is 2.19. The third-order valence-electron chi connectivity index (χ3n) is 1.94. The molecule has 16 heavy (non-hydrogen) atoms. The van der Waals surface area contributed by atoms with Gasteiger partial charge in [-0.15, -0.1) is 5.10 Å². The Kier molecular flexibility index (Phi) is 2.57. The van der Waals surface area contributed by atoms with Crippen LogP contribution in [0.5, 0.6) is 0 Å². The van der Waals surface area contributed by atoms with E-state index in [0.717, 1.165) is 0 Å². The number of nitrogens with zero attached hydrogens (tertiary/aromatic N) is 3. The predicted octanol–water partition coefficient (Wildman–Crippen LogP) is -0.244. The van der Waals surface area contributed by atoms with Crippen LogP contribution in [0.15, 0.2) is 29.4 Å². The van der Waals surface area contributed by atoms with E-state index in [2.05, 4.69) is 20.6 Å². The van der Waals surface area contributed by atoms with Gasteiger partial charge < -0.3 is 5.73 Å². The van der Waals surface area contributed by atoms with Crippen molar-refractivity contribution in [1.29, 1.82) is 0 Å². The standard InChI is InChI=1S/C8H9N5O2S/c9-7-3-1-6(2-4-7)5-16(14,15)8-10-12-13-11-8/h1-4H,5,9H2,(H,10,11,12,13). The van der Waals surface area contributed by atoms with E-state index < -0.39 is 9.84 Å². The molecule has 0 aliphatic rings.